The summed E-state index contributed by atoms with van der Waals surface area (Å²) >= 11 is 0. The second-order valence-electron chi connectivity index (χ2n) is 6.69. The molecule has 0 spiro atoms. The summed E-state index contributed by atoms with van der Waals surface area (Å²) in [6.07, 6.45) is 1.65. The molecule has 25 heavy (non-hydrogen) atoms. The number of aromatic nitrogens is 1. The van der Waals surface area contributed by atoms with Gasteiger partial charge in [-0.3, -0.25) is 4.79 Å². The molecule has 0 aromatic carbocycles. The summed E-state index contributed by atoms with van der Waals surface area (Å²) in [7, 11) is 0. The number of urea groups is 1. The topological polar surface area (TPSA) is 87.9 Å². The molecule has 3 heterocycles. The zero-order valence-corrected chi connectivity index (χ0v) is 14.9. The fourth-order valence-electron chi connectivity index (χ4n) is 3.56. The van der Waals surface area contributed by atoms with Crippen molar-refractivity contribution < 1.29 is 18.8 Å². The van der Waals surface area contributed by atoms with E-state index in [1.807, 2.05) is 11.8 Å². The first kappa shape index (κ1) is 17.7. The van der Waals surface area contributed by atoms with Crippen LogP contribution in [-0.4, -0.2) is 72.3 Å². The Balaban J connectivity index is 1.67. The number of carbonyl (C=O) groups excluding carboxylic acids is 2. The molecule has 8 nitrogen and oxygen atoms in total. The Labute approximate surface area is 147 Å². The first-order chi connectivity index (χ1) is 12.1. The van der Waals surface area contributed by atoms with Crippen molar-refractivity contribution >= 4 is 11.9 Å². The van der Waals surface area contributed by atoms with Gasteiger partial charge in [-0.2, -0.15) is 0 Å². The summed E-state index contributed by atoms with van der Waals surface area (Å²) < 4.78 is 10.7. The molecule has 2 aliphatic rings. The van der Waals surface area contributed by atoms with Crippen LogP contribution < -0.4 is 5.32 Å². The number of piperidine rings is 1. The fraction of sp³-hybridized carbons (Fsp3) is 0.706. The van der Waals surface area contributed by atoms with E-state index in [9.17, 15) is 9.59 Å². The first-order valence-corrected chi connectivity index (χ1v) is 8.95. The van der Waals surface area contributed by atoms with Gasteiger partial charge in [0.2, 0.25) is 0 Å². The maximum absolute atomic E-state index is 12.6. The minimum absolute atomic E-state index is 0.0331. The van der Waals surface area contributed by atoms with Crippen molar-refractivity contribution in [2.75, 3.05) is 39.4 Å². The van der Waals surface area contributed by atoms with E-state index in [4.69, 9.17) is 9.26 Å². The Bertz CT molecular complexity index is 618. The van der Waals surface area contributed by atoms with Gasteiger partial charge in [-0.1, -0.05) is 12.1 Å². The third kappa shape index (κ3) is 3.95. The van der Waals surface area contributed by atoms with Crippen LogP contribution >= 0.6 is 0 Å². The van der Waals surface area contributed by atoms with Crippen LogP contribution in [-0.2, 0) is 4.74 Å². The molecule has 1 aromatic rings. The van der Waals surface area contributed by atoms with E-state index in [1.165, 1.54) is 0 Å². The molecule has 8 heteroatoms. The lowest BCUT2D eigenvalue weighted by Gasteiger charge is -2.41. The van der Waals surface area contributed by atoms with E-state index in [1.54, 1.807) is 17.9 Å². The minimum Gasteiger partial charge on any atom is -0.379 e. The average Bonchev–Trinajstić information content (AvgIpc) is 2.94. The largest absolute Gasteiger partial charge is 0.379 e. The van der Waals surface area contributed by atoms with Crippen molar-refractivity contribution in [1.29, 1.82) is 0 Å². The number of nitrogens with one attached hydrogen (secondary N) is 1. The average molecular weight is 350 g/mol. The van der Waals surface area contributed by atoms with Gasteiger partial charge >= 0.3 is 6.03 Å². The number of fused-ring (bicyclic) bond motifs is 1. The Morgan fingerprint density at radius 3 is 2.96 bits per heavy atom. The molecule has 0 saturated carbocycles. The summed E-state index contributed by atoms with van der Waals surface area (Å²) in [5.41, 5.74) is 0.336. The molecule has 1 N–H and O–H groups in total. The third-order valence-corrected chi connectivity index (χ3v) is 4.82. The van der Waals surface area contributed by atoms with Crippen molar-refractivity contribution in [2.45, 2.75) is 32.7 Å². The molecule has 3 rings (SSSR count). The van der Waals surface area contributed by atoms with Gasteiger partial charge in [-0.25, -0.2) is 4.79 Å². The van der Waals surface area contributed by atoms with E-state index >= 15 is 0 Å². The Morgan fingerprint density at radius 1 is 1.40 bits per heavy atom. The maximum atomic E-state index is 12.6. The highest BCUT2D eigenvalue weighted by atomic mass is 16.5. The number of hydrogen-bond donors (Lipinski definition) is 1. The van der Waals surface area contributed by atoms with Crippen LogP contribution in [0.4, 0.5) is 4.79 Å². The van der Waals surface area contributed by atoms with Gasteiger partial charge in [0.05, 0.1) is 13.2 Å². The summed E-state index contributed by atoms with van der Waals surface area (Å²) in [5.74, 6) is 0.608. The highest BCUT2D eigenvalue weighted by molar-refractivity contribution is 5.92. The monoisotopic (exact) mass is 350 g/mol. The van der Waals surface area contributed by atoms with Gasteiger partial charge < -0.3 is 24.4 Å². The molecule has 0 radical (unpaired) electrons. The summed E-state index contributed by atoms with van der Waals surface area (Å²) in [6, 6.07) is 1.72. The summed E-state index contributed by atoms with van der Waals surface area (Å²) in [5, 5.41) is 6.77. The number of likely N-dealkylation sites (tertiary alicyclic amines) is 1. The number of ether oxygens (including phenoxy) is 1. The molecule has 138 valence electrons. The number of amides is 3. The minimum atomic E-state index is -0.124. The number of carbonyl (C=O) groups is 2. The van der Waals surface area contributed by atoms with Crippen LogP contribution in [0.5, 0.6) is 0 Å². The molecule has 2 fully saturated rings. The maximum Gasteiger partial charge on any atom is 0.317 e. The highest BCUT2D eigenvalue weighted by Gasteiger charge is 2.39. The van der Waals surface area contributed by atoms with Crippen LogP contribution in [0.2, 0.25) is 0 Å². The van der Waals surface area contributed by atoms with Crippen molar-refractivity contribution in [2.24, 2.45) is 5.92 Å². The number of hydrogen-bond acceptors (Lipinski definition) is 5. The van der Waals surface area contributed by atoms with E-state index < -0.39 is 0 Å². The molecule has 0 unspecified atom stereocenters. The van der Waals surface area contributed by atoms with Crippen LogP contribution in [0.3, 0.4) is 0 Å². The predicted molar refractivity (Wildman–Crippen MR) is 90.3 cm³/mol. The lowest BCUT2D eigenvalue weighted by atomic mass is 9.91. The highest BCUT2D eigenvalue weighted by Crippen LogP contribution is 2.26. The number of aryl methyl sites for hydroxylation is 1. The van der Waals surface area contributed by atoms with Gasteiger partial charge in [0, 0.05) is 44.2 Å². The van der Waals surface area contributed by atoms with E-state index in [0.29, 0.717) is 50.8 Å². The molecule has 1 aromatic heterocycles. The lowest BCUT2D eigenvalue weighted by Crippen LogP contribution is -2.56. The zero-order valence-electron chi connectivity index (χ0n) is 14.9. The van der Waals surface area contributed by atoms with E-state index in [-0.39, 0.29) is 23.9 Å². The molecule has 2 saturated heterocycles. The van der Waals surface area contributed by atoms with Crippen LogP contribution in [0.1, 0.15) is 36.0 Å². The predicted octanol–water partition coefficient (Wildman–Crippen LogP) is 1.27. The third-order valence-electron chi connectivity index (χ3n) is 4.82. The molecule has 2 atom stereocenters. The van der Waals surface area contributed by atoms with Gasteiger partial charge in [0.25, 0.3) is 5.91 Å². The normalized spacial score (nSPS) is 23.8. The Morgan fingerprint density at radius 2 is 2.24 bits per heavy atom. The van der Waals surface area contributed by atoms with Crippen LogP contribution in [0, 0.1) is 12.8 Å². The van der Waals surface area contributed by atoms with E-state index in [2.05, 4.69) is 10.5 Å². The Kier molecular flexibility index (Phi) is 5.57. The van der Waals surface area contributed by atoms with Crippen LogP contribution in [0.15, 0.2) is 10.6 Å². The Hall–Kier alpha value is -2.09. The quantitative estimate of drug-likeness (QED) is 0.887. The standard InChI is InChI=1S/C17H26N4O4/c1-3-5-18-17(23)21-7-8-24-11-13-10-20(6-4-15(13)21)16(22)14-9-12(2)25-19-14/h9,13,15H,3-8,10-11H2,1-2H3,(H,18,23)/t13-,15-/m1/s1. The number of rotatable bonds is 3. The van der Waals surface area contributed by atoms with Crippen LogP contribution in [0.25, 0.3) is 0 Å². The summed E-state index contributed by atoms with van der Waals surface area (Å²) in [6.45, 7) is 7.31. The molecule has 0 bridgehead atoms. The van der Waals surface area contributed by atoms with E-state index in [0.717, 1.165) is 12.8 Å². The smallest absolute Gasteiger partial charge is 0.317 e. The molecular weight excluding hydrogens is 324 g/mol. The lowest BCUT2D eigenvalue weighted by molar-refractivity contribution is 0.0424. The second kappa shape index (κ2) is 7.86. The molecular formula is C17H26N4O4. The molecule has 0 aliphatic carbocycles. The van der Waals surface area contributed by atoms with Gasteiger partial charge in [-0.15, -0.1) is 0 Å². The van der Waals surface area contributed by atoms with Crippen molar-refractivity contribution in [3.05, 3.63) is 17.5 Å². The molecule has 3 amide bonds. The summed E-state index contributed by atoms with van der Waals surface area (Å²) in [4.78, 5) is 28.7. The van der Waals surface area contributed by atoms with Gasteiger partial charge in [-0.05, 0) is 19.8 Å². The molecule has 2 aliphatic heterocycles. The van der Waals surface area contributed by atoms with Gasteiger partial charge in [0.1, 0.15) is 5.76 Å². The second-order valence-corrected chi connectivity index (χ2v) is 6.69. The first-order valence-electron chi connectivity index (χ1n) is 8.95. The van der Waals surface area contributed by atoms with Crippen molar-refractivity contribution in [3.8, 4) is 0 Å². The van der Waals surface area contributed by atoms with Crippen molar-refractivity contribution in [3.63, 3.8) is 0 Å². The van der Waals surface area contributed by atoms with Gasteiger partial charge in [0.15, 0.2) is 5.69 Å². The number of nitrogens with zero attached hydrogens (tertiary/aromatic N) is 3. The SMILES string of the molecule is CCCNC(=O)N1CCOC[C@H]2CN(C(=O)c3cc(C)on3)CC[C@H]21. The van der Waals surface area contributed by atoms with Crippen molar-refractivity contribution in [1.82, 2.24) is 20.3 Å². The zero-order chi connectivity index (χ0) is 17.8. The fourth-order valence-corrected chi connectivity index (χ4v) is 3.56.